The molecule has 0 fully saturated rings. The summed E-state index contributed by atoms with van der Waals surface area (Å²) < 4.78 is 20.8. The molecule has 0 spiro atoms. The fourth-order valence-corrected chi connectivity index (χ4v) is 2.32. The van der Waals surface area contributed by atoms with E-state index in [-0.39, 0.29) is 6.54 Å². The highest BCUT2D eigenvalue weighted by molar-refractivity contribution is 5.91. The Morgan fingerprint density at radius 1 is 0.963 bits per heavy atom. The number of methoxy groups -OCH3 is 3. The van der Waals surface area contributed by atoms with E-state index in [0.29, 0.717) is 28.5 Å². The molecule has 0 bridgehead atoms. The maximum absolute atomic E-state index is 11.9. The van der Waals surface area contributed by atoms with E-state index in [1.165, 1.54) is 33.5 Å². The Morgan fingerprint density at radius 2 is 1.56 bits per heavy atom. The zero-order valence-electron chi connectivity index (χ0n) is 15.4. The molecule has 1 amide bonds. The van der Waals surface area contributed by atoms with Gasteiger partial charge in [0.25, 0.3) is 5.91 Å². The van der Waals surface area contributed by atoms with E-state index in [1.807, 2.05) is 0 Å². The molecule has 144 valence electrons. The minimum absolute atomic E-state index is 0.203. The minimum atomic E-state index is -0.599. The van der Waals surface area contributed by atoms with Gasteiger partial charge in [-0.05, 0) is 42.0 Å². The monoisotopic (exact) mass is 374 g/mol. The molecule has 0 heterocycles. The van der Waals surface area contributed by atoms with Crippen LogP contribution in [0.3, 0.4) is 0 Å². The van der Waals surface area contributed by atoms with Crippen LogP contribution in [0.5, 0.6) is 17.2 Å². The molecule has 8 heteroatoms. The number of benzene rings is 2. The Morgan fingerprint density at radius 3 is 2.07 bits per heavy atom. The van der Waals surface area contributed by atoms with Crippen molar-refractivity contribution < 1.29 is 28.5 Å². The van der Waals surface area contributed by atoms with E-state index < -0.39 is 18.5 Å². The molecule has 0 radical (unpaired) electrons. The van der Waals surface area contributed by atoms with E-state index >= 15 is 0 Å². The molecule has 0 aliphatic heterocycles. The van der Waals surface area contributed by atoms with Crippen molar-refractivity contribution in [2.45, 2.75) is 6.54 Å². The number of nitrogens with one attached hydrogen (secondary N) is 1. The van der Waals surface area contributed by atoms with Gasteiger partial charge in [-0.25, -0.2) is 4.79 Å². The number of anilines is 1. The maximum Gasteiger partial charge on any atom is 0.338 e. The largest absolute Gasteiger partial charge is 0.493 e. The normalized spacial score (nSPS) is 10.0. The first-order valence-corrected chi connectivity index (χ1v) is 8.06. The Hall–Kier alpha value is -3.42. The van der Waals surface area contributed by atoms with Crippen molar-refractivity contribution in [3.63, 3.8) is 0 Å². The van der Waals surface area contributed by atoms with Gasteiger partial charge in [0.1, 0.15) is 0 Å². The Balaban J connectivity index is 1.91. The smallest absolute Gasteiger partial charge is 0.338 e. The van der Waals surface area contributed by atoms with Crippen LogP contribution in [0.2, 0.25) is 0 Å². The van der Waals surface area contributed by atoms with Gasteiger partial charge in [0.05, 0.1) is 26.9 Å². The lowest BCUT2D eigenvalue weighted by Gasteiger charge is -2.14. The fraction of sp³-hybridized carbons (Fsp3) is 0.263. The van der Waals surface area contributed by atoms with Crippen LogP contribution in [0.4, 0.5) is 5.69 Å². The molecule has 0 aromatic heterocycles. The maximum atomic E-state index is 11.9. The first-order valence-electron chi connectivity index (χ1n) is 8.06. The molecule has 0 atom stereocenters. The quantitative estimate of drug-likeness (QED) is 0.535. The van der Waals surface area contributed by atoms with E-state index in [1.54, 1.807) is 24.3 Å². The third-order valence-electron chi connectivity index (χ3n) is 3.69. The lowest BCUT2D eigenvalue weighted by molar-refractivity contribution is -0.124. The lowest BCUT2D eigenvalue weighted by atomic mass is 10.1. The van der Waals surface area contributed by atoms with Crippen molar-refractivity contribution in [2.24, 2.45) is 0 Å². The lowest BCUT2D eigenvalue weighted by Crippen LogP contribution is -2.28. The van der Waals surface area contributed by atoms with Crippen LogP contribution in [0, 0.1) is 0 Å². The predicted octanol–water partition coefficient (Wildman–Crippen LogP) is 1.77. The number of nitrogens with two attached hydrogens (primary N) is 1. The van der Waals surface area contributed by atoms with E-state index in [4.69, 9.17) is 24.7 Å². The topological polar surface area (TPSA) is 109 Å². The first kappa shape index (κ1) is 19.9. The molecule has 0 aliphatic carbocycles. The van der Waals surface area contributed by atoms with Crippen LogP contribution in [0.25, 0.3) is 0 Å². The number of nitrogen functional groups attached to an aromatic ring is 1. The summed E-state index contributed by atoms with van der Waals surface area (Å²) in [7, 11) is 4.53. The predicted molar refractivity (Wildman–Crippen MR) is 99.1 cm³/mol. The SMILES string of the molecule is COc1cc(CNC(=O)COC(=O)c2ccc(N)cc2)cc(OC)c1OC. The van der Waals surface area contributed by atoms with Crippen LogP contribution in [-0.4, -0.2) is 39.8 Å². The number of ether oxygens (including phenoxy) is 4. The van der Waals surface area contributed by atoms with Crippen LogP contribution in [0.15, 0.2) is 36.4 Å². The van der Waals surface area contributed by atoms with Crippen LogP contribution >= 0.6 is 0 Å². The highest BCUT2D eigenvalue weighted by Crippen LogP contribution is 2.38. The number of carbonyl (C=O) groups excluding carboxylic acids is 2. The molecule has 2 rings (SSSR count). The van der Waals surface area contributed by atoms with Crippen molar-refractivity contribution in [1.29, 1.82) is 0 Å². The molecular weight excluding hydrogens is 352 g/mol. The summed E-state index contributed by atoms with van der Waals surface area (Å²) in [6, 6.07) is 9.68. The molecule has 0 aliphatic rings. The molecule has 8 nitrogen and oxygen atoms in total. The van der Waals surface area contributed by atoms with Gasteiger partial charge in [-0.2, -0.15) is 0 Å². The van der Waals surface area contributed by atoms with Gasteiger partial charge in [-0.3, -0.25) is 4.79 Å². The van der Waals surface area contributed by atoms with Gasteiger partial charge in [-0.15, -0.1) is 0 Å². The second-order valence-corrected chi connectivity index (χ2v) is 5.51. The van der Waals surface area contributed by atoms with Gasteiger partial charge in [0.15, 0.2) is 18.1 Å². The zero-order chi connectivity index (χ0) is 19.8. The van der Waals surface area contributed by atoms with Crippen molar-refractivity contribution in [3.05, 3.63) is 47.5 Å². The second-order valence-electron chi connectivity index (χ2n) is 5.51. The van der Waals surface area contributed by atoms with Crippen molar-refractivity contribution >= 4 is 17.6 Å². The fourth-order valence-electron chi connectivity index (χ4n) is 2.32. The van der Waals surface area contributed by atoms with Gasteiger partial charge in [-0.1, -0.05) is 0 Å². The molecule has 2 aromatic carbocycles. The van der Waals surface area contributed by atoms with E-state index in [2.05, 4.69) is 5.32 Å². The van der Waals surface area contributed by atoms with Crippen LogP contribution in [-0.2, 0) is 16.1 Å². The molecule has 0 saturated carbocycles. The zero-order valence-corrected chi connectivity index (χ0v) is 15.4. The molecule has 27 heavy (non-hydrogen) atoms. The second kappa shape index (κ2) is 9.33. The average molecular weight is 374 g/mol. The van der Waals surface area contributed by atoms with Gasteiger partial charge in [0, 0.05) is 12.2 Å². The van der Waals surface area contributed by atoms with Crippen LogP contribution < -0.4 is 25.3 Å². The Bertz CT molecular complexity index is 779. The summed E-state index contributed by atoms with van der Waals surface area (Å²) in [5.74, 6) is 0.393. The van der Waals surface area contributed by atoms with Gasteiger partial charge < -0.3 is 30.0 Å². The molecule has 0 saturated heterocycles. The van der Waals surface area contributed by atoms with Crippen molar-refractivity contribution in [1.82, 2.24) is 5.32 Å². The van der Waals surface area contributed by atoms with E-state index in [0.717, 1.165) is 5.56 Å². The van der Waals surface area contributed by atoms with Gasteiger partial charge in [0.2, 0.25) is 5.75 Å². The molecule has 0 unspecified atom stereocenters. The molecular formula is C19H22N2O6. The van der Waals surface area contributed by atoms with Crippen molar-refractivity contribution in [3.8, 4) is 17.2 Å². The number of hydrogen-bond donors (Lipinski definition) is 2. The first-order chi connectivity index (χ1) is 13.0. The average Bonchev–Trinajstić information content (AvgIpc) is 2.69. The van der Waals surface area contributed by atoms with E-state index in [9.17, 15) is 9.59 Å². The minimum Gasteiger partial charge on any atom is -0.493 e. The number of esters is 1. The molecule has 2 aromatic rings. The Labute approximate surface area is 157 Å². The summed E-state index contributed by atoms with van der Waals surface area (Å²) in [6.07, 6.45) is 0. The summed E-state index contributed by atoms with van der Waals surface area (Å²) in [6.45, 7) is -0.192. The Kier molecular flexibility index (Phi) is 6.87. The third-order valence-corrected chi connectivity index (χ3v) is 3.69. The van der Waals surface area contributed by atoms with Crippen LogP contribution in [0.1, 0.15) is 15.9 Å². The van der Waals surface area contributed by atoms with Crippen molar-refractivity contribution in [2.75, 3.05) is 33.7 Å². The number of carbonyl (C=O) groups is 2. The highest BCUT2D eigenvalue weighted by Gasteiger charge is 2.14. The molecule has 3 N–H and O–H groups in total. The summed E-state index contributed by atoms with van der Waals surface area (Å²) in [5.41, 5.74) is 7.16. The highest BCUT2D eigenvalue weighted by atomic mass is 16.5. The number of hydrogen-bond acceptors (Lipinski definition) is 7. The summed E-state index contributed by atoms with van der Waals surface area (Å²) >= 11 is 0. The third kappa shape index (κ3) is 5.27. The number of rotatable bonds is 8. The summed E-state index contributed by atoms with van der Waals surface area (Å²) in [4.78, 5) is 23.8. The standard InChI is InChI=1S/C19H22N2O6/c1-24-15-8-12(9-16(25-2)18(15)26-3)10-21-17(22)11-27-19(23)13-4-6-14(20)7-5-13/h4-9H,10-11,20H2,1-3H3,(H,21,22). The summed E-state index contributed by atoms with van der Waals surface area (Å²) in [5, 5.41) is 2.67. The van der Waals surface area contributed by atoms with Gasteiger partial charge >= 0.3 is 5.97 Å². The number of amides is 1.